The maximum atomic E-state index is 15.9. The van der Waals surface area contributed by atoms with E-state index in [-0.39, 0.29) is 31.1 Å². The number of ether oxygens (including phenoxy) is 1. The van der Waals surface area contributed by atoms with Gasteiger partial charge in [0, 0.05) is 13.0 Å². The molecule has 2 heterocycles. The highest BCUT2D eigenvalue weighted by Crippen LogP contribution is 2.34. The molecule has 1 unspecified atom stereocenters. The van der Waals surface area contributed by atoms with Crippen LogP contribution in [0.5, 0.6) is 0 Å². The van der Waals surface area contributed by atoms with E-state index in [1.165, 1.54) is 0 Å². The number of fused-ring (bicyclic) bond motifs is 1. The Morgan fingerprint density at radius 2 is 1.88 bits per heavy atom. The van der Waals surface area contributed by atoms with Crippen molar-refractivity contribution in [2.45, 2.75) is 90.6 Å². The van der Waals surface area contributed by atoms with Gasteiger partial charge in [0.1, 0.15) is 12.8 Å². The molecule has 0 N–H and O–H groups in total. The van der Waals surface area contributed by atoms with Gasteiger partial charge in [0.15, 0.2) is 8.32 Å². The van der Waals surface area contributed by atoms with Gasteiger partial charge in [0.25, 0.3) is 0 Å². The summed E-state index contributed by atoms with van der Waals surface area (Å²) < 4.78 is 30.2. The third kappa shape index (κ3) is 8.21. The lowest BCUT2D eigenvalue weighted by Crippen LogP contribution is -2.56. The maximum Gasteiger partial charge on any atom is 0.410 e. The fourth-order valence-electron chi connectivity index (χ4n) is 5.94. The number of halogens is 3. The second kappa shape index (κ2) is 12.8. The maximum absolute atomic E-state index is 15.9. The largest absolute Gasteiger partial charge is 0.445 e. The second-order valence-corrected chi connectivity index (χ2v) is 17.5. The van der Waals surface area contributed by atoms with Crippen molar-refractivity contribution < 1.29 is 18.3 Å². The zero-order valence-corrected chi connectivity index (χ0v) is 26.5. The number of alkyl halides is 1. The van der Waals surface area contributed by atoms with E-state index in [0.717, 1.165) is 24.4 Å². The number of hydrogen-bond donors (Lipinski definition) is 0. The van der Waals surface area contributed by atoms with Crippen molar-refractivity contribution in [2.75, 3.05) is 6.54 Å². The van der Waals surface area contributed by atoms with Crippen LogP contribution in [0.15, 0.2) is 48.8 Å². The van der Waals surface area contributed by atoms with E-state index >= 15 is 4.39 Å². The minimum absolute atomic E-state index is 0.0768. The van der Waals surface area contributed by atoms with Crippen molar-refractivity contribution >= 4 is 48.6 Å². The molecular formula is C30H40Cl2FN3O3Si. The number of likely N-dealkylation sites (tertiary alicyclic amines) is 1. The summed E-state index contributed by atoms with van der Waals surface area (Å²) in [6.07, 6.45) is 1.35. The van der Waals surface area contributed by atoms with Crippen LogP contribution in [-0.2, 0) is 22.3 Å². The second-order valence-electron chi connectivity index (χ2n) is 12.6. The Balaban J connectivity index is 1.53. The number of rotatable bonds is 9. The average Bonchev–Trinajstić information content (AvgIpc) is 3.23. The third-order valence-corrected chi connectivity index (χ3v) is 10.7. The van der Waals surface area contributed by atoms with Crippen molar-refractivity contribution in [1.29, 1.82) is 0 Å². The molecule has 40 heavy (non-hydrogen) atoms. The van der Waals surface area contributed by atoms with Crippen LogP contribution in [0.3, 0.4) is 0 Å². The minimum atomic E-state index is -2.11. The molecule has 1 fully saturated rings. The molecule has 1 saturated heterocycles. The molecule has 1 aliphatic heterocycles. The monoisotopic (exact) mass is 607 g/mol. The number of piperidine rings is 1. The summed E-state index contributed by atoms with van der Waals surface area (Å²) in [4.78, 5) is 19.4. The van der Waals surface area contributed by atoms with Crippen LogP contribution in [0.2, 0.25) is 29.2 Å². The molecule has 6 nitrogen and oxygen atoms in total. The lowest BCUT2D eigenvalue weighted by Gasteiger charge is -2.44. The van der Waals surface area contributed by atoms with Gasteiger partial charge in [-0.05, 0) is 55.1 Å². The van der Waals surface area contributed by atoms with E-state index in [2.05, 4.69) is 38.8 Å². The smallest absolute Gasteiger partial charge is 0.410 e. The van der Waals surface area contributed by atoms with Gasteiger partial charge in [-0.15, -0.1) is 0 Å². The summed E-state index contributed by atoms with van der Waals surface area (Å²) in [5, 5.41) is 0.801. The molecule has 2 aromatic carbocycles. The molecule has 0 saturated carbocycles. The predicted octanol–water partition coefficient (Wildman–Crippen LogP) is 8.51. The highest BCUT2D eigenvalue weighted by atomic mass is 35.5. The van der Waals surface area contributed by atoms with Crippen molar-refractivity contribution in [2.24, 2.45) is 5.41 Å². The molecule has 3 aromatic rings. The predicted molar refractivity (Wildman–Crippen MR) is 162 cm³/mol. The Kier molecular flexibility index (Phi) is 9.86. The van der Waals surface area contributed by atoms with Crippen molar-refractivity contribution in [3.05, 3.63) is 64.4 Å². The summed E-state index contributed by atoms with van der Waals surface area (Å²) in [6.45, 7) is 11.8. The standard InChI is InChI=1S/C30H40Cl2FN3O3Si/c1-30(2,3)19-40(4,5)39-28-12-9-13-36(29(37)38-18-21-10-7-6-8-11-21)27(28)14-22(33)17-35-20-34-25-15-23(31)24(32)16-26(25)35/h6-8,10-11,15-16,20,22,27-28H,9,12-14,17-19H2,1-5H3/t22?,27-,28+/m1/s1. The third-order valence-electron chi connectivity index (χ3n) is 7.14. The van der Waals surface area contributed by atoms with E-state index in [0.29, 0.717) is 27.6 Å². The highest BCUT2D eigenvalue weighted by Gasteiger charge is 2.41. The number of amides is 1. The molecule has 0 bridgehead atoms. The van der Waals surface area contributed by atoms with Gasteiger partial charge >= 0.3 is 6.09 Å². The zero-order chi connectivity index (χ0) is 29.1. The fourth-order valence-corrected chi connectivity index (χ4v) is 9.99. The van der Waals surface area contributed by atoms with Gasteiger partial charge in [-0.2, -0.15) is 0 Å². The van der Waals surface area contributed by atoms with Crippen molar-refractivity contribution in [1.82, 2.24) is 14.5 Å². The van der Waals surface area contributed by atoms with Crippen LogP contribution in [0.1, 0.15) is 45.6 Å². The first kappa shape index (κ1) is 30.8. The lowest BCUT2D eigenvalue weighted by atomic mass is 9.94. The van der Waals surface area contributed by atoms with Gasteiger partial charge in [0.05, 0.1) is 46.1 Å². The van der Waals surface area contributed by atoms with Gasteiger partial charge in [0.2, 0.25) is 0 Å². The molecule has 218 valence electrons. The first-order chi connectivity index (χ1) is 18.8. The Hall–Kier alpha value is -2.13. The SMILES string of the molecule is CC(C)(C)C[Si](C)(C)O[C@H]1CCCN(C(=O)OCc2ccccc2)[C@@H]1CC(F)Cn1cnc2cc(Cl)c(Cl)cc21. The van der Waals surface area contributed by atoms with Crippen molar-refractivity contribution in [3.8, 4) is 0 Å². The number of carbonyl (C=O) groups excluding carboxylic acids is 1. The molecule has 3 atom stereocenters. The molecule has 1 amide bonds. The quantitative estimate of drug-likeness (QED) is 0.229. The van der Waals surface area contributed by atoms with Crippen LogP contribution in [0, 0.1) is 5.41 Å². The Morgan fingerprint density at radius 1 is 1.18 bits per heavy atom. The average molecular weight is 609 g/mol. The number of nitrogens with zero attached hydrogens (tertiary/aromatic N) is 3. The fraction of sp³-hybridized carbons (Fsp3) is 0.533. The first-order valence-electron chi connectivity index (χ1n) is 13.9. The molecule has 4 rings (SSSR count). The van der Waals surface area contributed by atoms with E-state index in [9.17, 15) is 4.79 Å². The molecule has 1 aromatic heterocycles. The van der Waals surface area contributed by atoms with Gasteiger partial charge < -0.3 is 18.6 Å². The summed E-state index contributed by atoms with van der Waals surface area (Å²) in [5.74, 6) is 0. The highest BCUT2D eigenvalue weighted by molar-refractivity contribution is 6.71. The van der Waals surface area contributed by atoms with Crippen LogP contribution < -0.4 is 0 Å². The van der Waals surface area contributed by atoms with Crippen LogP contribution in [0.4, 0.5) is 9.18 Å². The molecule has 0 radical (unpaired) electrons. The lowest BCUT2D eigenvalue weighted by molar-refractivity contribution is -0.00231. The molecule has 0 spiro atoms. The molecular weight excluding hydrogens is 568 g/mol. The Labute approximate surface area is 247 Å². The number of imidazole rings is 1. The summed E-state index contributed by atoms with van der Waals surface area (Å²) in [7, 11) is -2.11. The molecule has 1 aliphatic rings. The number of carbonyl (C=O) groups is 1. The minimum Gasteiger partial charge on any atom is -0.445 e. The van der Waals surface area contributed by atoms with Crippen LogP contribution >= 0.6 is 23.2 Å². The molecule has 10 heteroatoms. The van der Waals surface area contributed by atoms with Gasteiger partial charge in [-0.1, -0.05) is 74.3 Å². The van der Waals surface area contributed by atoms with Crippen LogP contribution in [-0.4, -0.2) is 53.7 Å². The van der Waals surface area contributed by atoms with Gasteiger partial charge in [-0.25, -0.2) is 14.2 Å². The summed E-state index contributed by atoms with van der Waals surface area (Å²) in [5.41, 5.74) is 2.39. The van der Waals surface area contributed by atoms with E-state index in [1.54, 1.807) is 27.9 Å². The summed E-state index contributed by atoms with van der Waals surface area (Å²) in [6, 6.07) is 13.5. The summed E-state index contributed by atoms with van der Waals surface area (Å²) >= 11 is 12.4. The van der Waals surface area contributed by atoms with E-state index in [1.807, 2.05) is 30.3 Å². The Bertz CT molecular complexity index is 1300. The zero-order valence-electron chi connectivity index (χ0n) is 24.0. The number of aromatic nitrogens is 2. The number of benzene rings is 2. The first-order valence-corrected chi connectivity index (χ1v) is 17.8. The van der Waals surface area contributed by atoms with E-state index in [4.69, 9.17) is 32.4 Å². The normalized spacial score (nSPS) is 19.1. The molecule has 0 aliphatic carbocycles. The van der Waals surface area contributed by atoms with Gasteiger partial charge in [-0.3, -0.25) is 0 Å². The van der Waals surface area contributed by atoms with Crippen LogP contribution in [0.25, 0.3) is 11.0 Å². The Morgan fingerprint density at radius 3 is 2.58 bits per heavy atom. The van der Waals surface area contributed by atoms with Crippen molar-refractivity contribution in [3.63, 3.8) is 0 Å². The topological polar surface area (TPSA) is 56.6 Å². The van der Waals surface area contributed by atoms with E-state index < -0.39 is 26.6 Å². The number of hydrogen-bond acceptors (Lipinski definition) is 4.